The lowest BCUT2D eigenvalue weighted by Crippen LogP contribution is -2.24. The molecule has 2 heterocycles. The highest BCUT2D eigenvalue weighted by Gasteiger charge is 2.60. The molecule has 1 N–H and O–H groups in total. The van der Waals surface area contributed by atoms with Crippen LogP contribution in [-0.2, 0) is 4.79 Å². The zero-order chi connectivity index (χ0) is 21.7. The summed E-state index contributed by atoms with van der Waals surface area (Å²) in [6.45, 7) is 7.84. The molecule has 1 saturated carbocycles. The molecule has 156 valence electrons. The van der Waals surface area contributed by atoms with Gasteiger partial charge in [-0.05, 0) is 44.1 Å². The highest BCUT2D eigenvalue weighted by molar-refractivity contribution is 5.95. The number of aryl methyl sites for hydroxylation is 2. The van der Waals surface area contributed by atoms with Gasteiger partial charge >= 0.3 is 0 Å². The van der Waals surface area contributed by atoms with Crippen LogP contribution >= 0.6 is 0 Å². The second kappa shape index (κ2) is 8.94. The van der Waals surface area contributed by atoms with E-state index in [1.54, 1.807) is 19.2 Å². The molecule has 2 aromatic rings. The smallest absolute Gasteiger partial charge is 0.229 e. The molecule has 0 unspecified atom stereocenters. The second-order valence-corrected chi connectivity index (χ2v) is 7.12. The Kier molecular flexibility index (Phi) is 6.34. The molecule has 1 aliphatic carbocycles. The maximum absolute atomic E-state index is 13.0. The number of rotatable bonds is 8. The molecule has 2 atom stereocenters. The molecule has 0 aliphatic heterocycles. The summed E-state index contributed by atoms with van der Waals surface area (Å²) in [6, 6.07) is 2.61. The van der Waals surface area contributed by atoms with Crippen LogP contribution < -0.4 is 10.1 Å². The van der Waals surface area contributed by atoms with E-state index in [4.69, 9.17) is 4.74 Å². The minimum Gasteiger partial charge on any atom is -0.489 e. The van der Waals surface area contributed by atoms with E-state index < -0.39 is 17.2 Å². The Balaban J connectivity index is 1.76. The van der Waals surface area contributed by atoms with E-state index in [2.05, 4.69) is 26.8 Å². The van der Waals surface area contributed by atoms with Crippen LogP contribution in [0.4, 0.5) is 14.6 Å². The first-order valence-electron chi connectivity index (χ1n) is 9.34. The van der Waals surface area contributed by atoms with Crippen molar-refractivity contribution in [1.82, 2.24) is 15.0 Å². The molecule has 6 nitrogen and oxygen atoms in total. The molecule has 0 spiro atoms. The first-order valence-corrected chi connectivity index (χ1v) is 9.34. The van der Waals surface area contributed by atoms with Crippen molar-refractivity contribution in [3.05, 3.63) is 78.6 Å². The Morgan fingerprint density at radius 3 is 2.80 bits per heavy atom. The van der Waals surface area contributed by atoms with Crippen molar-refractivity contribution in [3.63, 3.8) is 0 Å². The summed E-state index contributed by atoms with van der Waals surface area (Å²) in [7, 11) is 0. The zero-order valence-electron chi connectivity index (χ0n) is 16.7. The molecule has 8 heteroatoms. The minimum absolute atomic E-state index is 0.178. The predicted octanol–water partition coefficient (Wildman–Crippen LogP) is 4.25. The van der Waals surface area contributed by atoms with E-state index in [1.165, 1.54) is 24.3 Å². The van der Waals surface area contributed by atoms with Gasteiger partial charge in [0.05, 0.1) is 36.9 Å². The van der Waals surface area contributed by atoms with Gasteiger partial charge in [-0.3, -0.25) is 4.79 Å². The second-order valence-electron chi connectivity index (χ2n) is 7.12. The third-order valence-corrected chi connectivity index (χ3v) is 5.03. The number of nitrogens with zero attached hydrogens (tertiary/aromatic N) is 3. The molecular formula is C22H22F2N4O2. The first-order chi connectivity index (χ1) is 14.4. The molecule has 0 bridgehead atoms. The maximum Gasteiger partial charge on any atom is 0.229 e. The number of carbonyl (C=O) groups is 1. The quantitative estimate of drug-likeness (QED) is 0.656. The molecule has 1 aliphatic rings. The van der Waals surface area contributed by atoms with Gasteiger partial charge in [0.1, 0.15) is 17.5 Å². The third kappa shape index (κ3) is 4.76. The number of pyridine rings is 1. The molecule has 1 fully saturated rings. The normalized spacial score (nSPS) is 20.5. The number of carbonyl (C=O) groups excluding carboxylic acids is 1. The van der Waals surface area contributed by atoms with Crippen molar-refractivity contribution in [1.29, 1.82) is 0 Å². The molecule has 0 saturated heterocycles. The Morgan fingerprint density at radius 2 is 2.13 bits per heavy atom. The molecule has 3 rings (SSSR count). The number of ether oxygens (including phenoxy) is 1. The molecule has 1 amide bonds. The Hall–Kier alpha value is -3.42. The highest BCUT2D eigenvalue weighted by atomic mass is 19.1. The fourth-order valence-electron chi connectivity index (χ4n) is 3.22. The van der Waals surface area contributed by atoms with Crippen molar-refractivity contribution in [3.8, 4) is 5.75 Å². The van der Waals surface area contributed by atoms with Gasteiger partial charge < -0.3 is 10.1 Å². The van der Waals surface area contributed by atoms with Crippen LogP contribution in [0, 0.1) is 31.0 Å². The van der Waals surface area contributed by atoms with Crippen LogP contribution in [0.25, 0.3) is 0 Å². The maximum atomic E-state index is 13.0. The van der Waals surface area contributed by atoms with E-state index >= 15 is 0 Å². The van der Waals surface area contributed by atoms with Crippen molar-refractivity contribution in [2.24, 2.45) is 11.3 Å². The van der Waals surface area contributed by atoms with Gasteiger partial charge in [0, 0.05) is 5.41 Å². The van der Waals surface area contributed by atoms with Gasteiger partial charge in [0.2, 0.25) is 5.91 Å². The van der Waals surface area contributed by atoms with Crippen LogP contribution in [-0.4, -0.2) is 27.5 Å². The van der Waals surface area contributed by atoms with Gasteiger partial charge in [0.25, 0.3) is 0 Å². The highest BCUT2D eigenvalue weighted by Crippen LogP contribution is 2.58. The predicted molar refractivity (Wildman–Crippen MR) is 109 cm³/mol. The van der Waals surface area contributed by atoms with Crippen molar-refractivity contribution < 1.29 is 18.3 Å². The lowest BCUT2D eigenvalue weighted by atomic mass is 9.94. The fourth-order valence-corrected chi connectivity index (χ4v) is 3.22. The van der Waals surface area contributed by atoms with Gasteiger partial charge in [-0.25, -0.2) is 23.7 Å². The Morgan fingerprint density at radius 1 is 1.33 bits per heavy atom. The van der Waals surface area contributed by atoms with E-state index in [0.29, 0.717) is 35.6 Å². The number of nitrogens with one attached hydrogen (secondary N) is 1. The van der Waals surface area contributed by atoms with E-state index in [0.717, 1.165) is 6.20 Å². The number of hydrogen-bond acceptors (Lipinski definition) is 5. The minimum atomic E-state index is -0.665. The van der Waals surface area contributed by atoms with E-state index in [-0.39, 0.29) is 18.3 Å². The SMILES string of the molecule is C=C(/C=C\C=C\F)[C@]1(COc2cnc(C)nc2C)C[C@H]1C(=O)Nc1ccc(F)cn1. The molecule has 0 radical (unpaired) electrons. The van der Waals surface area contributed by atoms with Crippen LogP contribution in [0.1, 0.15) is 17.9 Å². The van der Waals surface area contributed by atoms with Gasteiger partial charge in [-0.2, -0.15) is 0 Å². The number of halogens is 2. The summed E-state index contributed by atoms with van der Waals surface area (Å²) in [5, 5.41) is 2.69. The summed E-state index contributed by atoms with van der Waals surface area (Å²) in [5.74, 6) is 0.222. The summed E-state index contributed by atoms with van der Waals surface area (Å²) in [4.78, 5) is 25.0. The summed E-state index contributed by atoms with van der Waals surface area (Å²) < 4.78 is 31.3. The Bertz CT molecular complexity index is 1000. The van der Waals surface area contributed by atoms with Crippen LogP contribution in [0.3, 0.4) is 0 Å². The van der Waals surface area contributed by atoms with Crippen molar-refractivity contribution in [2.45, 2.75) is 20.3 Å². The monoisotopic (exact) mass is 412 g/mol. The summed E-state index contributed by atoms with van der Waals surface area (Å²) in [5.41, 5.74) is 0.664. The van der Waals surface area contributed by atoms with Gasteiger partial charge in [0.15, 0.2) is 5.75 Å². The van der Waals surface area contributed by atoms with Crippen LogP contribution in [0.2, 0.25) is 0 Å². The van der Waals surface area contributed by atoms with Gasteiger partial charge in [-0.1, -0.05) is 18.7 Å². The largest absolute Gasteiger partial charge is 0.489 e. The van der Waals surface area contributed by atoms with E-state index in [1.807, 2.05) is 6.92 Å². The summed E-state index contributed by atoms with van der Waals surface area (Å²) >= 11 is 0. The lowest BCUT2D eigenvalue weighted by molar-refractivity contribution is -0.118. The van der Waals surface area contributed by atoms with Crippen LogP contribution in [0.15, 0.2) is 61.2 Å². The number of anilines is 1. The molecule has 30 heavy (non-hydrogen) atoms. The number of aromatic nitrogens is 3. The fraction of sp³-hybridized carbons (Fsp3) is 0.273. The van der Waals surface area contributed by atoms with Crippen molar-refractivity contribution in [2.75, 3.05) is 11.9 Å². The average Bonchev–Trinajstić information content (AvgIpc) is 3.45. The molecule has 0 aromatic carbocycles. The van der Waals surface area contributed by atoms with Gasteiger partial charge in [-0.15, -0.1) is 0 Å². The molecule has 2 aromatic heterocycles. The van der Waals surface area contributed by atoms with Crippen LogP contribution in [0.5, 0.6) is 5.75 Å². The number of amides is 1. The first kappa shape index (κ1) is 21.3. The standard InChI is InChI=1S/C22H22F2N4O2/c1-14(6-4-5-9-23)22(13-30-19-12-25-16(3)27-15(19)2)10-18(22)21(29)28-20-8-7-17(24)11-26-20/h4-9,11-12,18H,1,10,13H2,2-3H3,(H,26,28,29)/b6-4-,9-5+/t18-,22+/m0/s1. The van der Waals surface area contributed by atoms with E-state index in [9.17, 15) is 13.6 Å². The Labute approximate surface area is 173 Å². The average molecular weight is 412 g/mol. The molecular weight excluding hydrogens is 390 g/mol. The lowest BCUT2D eigenvalue weighted by Gasteiger charge is -2.19. The van der Waals surface area contributed by atoms with Crippen molar-refractivity contribution >= 4 is 11.7 Å². The zero-order valence-corrected chi connectivity index (χ0v) is 16.7. The number of hydrogen-bond donors (Lipinski definition) is 1. The number of allylic oxidation sites excluding steroid dienone is 3. The summed E-state index contributed by atoms with van der Waals surface area (Å²) in [6.07, 6.45) is 7.93. The topological polar surface area (TPSA) is 77.0 Å². The third-order valence-electron chi connectivity index (χ3n) is 5.03.